The van der Waals surface area contributed by atoms with Gasteiger partial charge in [-0.05, 0) is 102 Å². The Morgan fingerprint density at radius 3 is 1.82 bits per heavy atom. The van der Waals surface area contributed by atoms with Crippen LogP contribution in [-0.2, 0) is 10.8 Å². The SMILES string of the molecule is CC1(C)c2ccccc2-c2cc3ccc4ccc(-c5nc(-c6cccc7ccccc67)nc(-c6cc7c(c8sc9ccccc9c68)-c6ccccc6C7(C)C)n5)cc4c3cc21. The van der Waals surface area contributed by atoms with E-state index in [1.54, 1.807) is 0 Å². The average molecular weight is 798 g/mol. The van der Waals surface area contributed by atoms with Crippen molar-refractivity contribution in [3.8, 4) is 56.4 Å². The number of thiophene rings is 1. The minimum Gasteiger partial charge on any atom is -0.208 e. The Hall–Kier alpha value is -7.01. The lowest BCUT2D eigenvalue weighted by atomic mass is 9.81. The van der Waals surface area contributed by atoms with Gasteiger partial charge in [-0.1, -0.05) is 161 Å². The summed E-state index contributed by atoms with van der Waals surface area (Å²) in [6, 6.07) is 60.1. The van der Waals surface area contributed by atoms with E-state index in [4.69, 9.17) is 15.0 Å². The highest BCUT2D eigenvalue weighted by atomic mass is 32.1. The van der Waals surface area contributed by atoms with Crippen LogP contribution in [-0.4, -0.2) is 15.0 Å². The van der Waals surface area contributed by atoms with Gasteiger partial charge >= 0.3 is 0 Å². The number of hydrogen-bond donors (Lipinski definition) is 0. The molecule has 3 nitrogen and oxygen atoms in total. The standard InChI is InChI=1S/C57H39N3S/c1-56(2)45-21-10-7-17-37(45)43-28-34-26-24-33-25-27-35(29-41(33)42(34)30-47(43)56)53-58-54(38-20-13-15-32-14-5-6-16-36(32)38)60-55(59-53)44-31-48-51(39-18-8-11-22-46(39)57(48,3)4)52-50(44)40-19-9-12-23-49(40)61-52/h5-31H,1-4H3. The molecule has 9 aromatic carbocycles. The zero-order valence-corrected chi connectivity index (χ0v) is 35.2. The molecular weight excluding hydrogens is 759 g/mol. The third kappa shape index (κ3) is 4.82. The maximum atomic E-state index is 5.52. The molecule has 2 heterocycles. The monoisotopic (exact) mass is 797 g/mol. The fourth-order valence-corrected chi connectivity index (χ4v) is 12.1. The molecule has 2 aliphatic rings. The molecule has 11 aromatic rings. The first-order valence-electron chi connectivity index (χ1n) is 21.2. The van der Waals surface area contributed by atoms with Crippen LogP contribution in [0.5, 0.6) is 0 Å². The van der Waals surface area contributed by atoms with E-state index in [2.05, 4.69) is 191 Å². The quantitative estimate of drug-likeness (QED) is 0.167. The second kappa shape index (κ2) is 12.3. The van der Waals surface area contributed by atoms with Gasteiger partial charge in [-0.2, -0.15) is 0 Å². The van der Waals surface area contributed by atoms with Gasteiger partial charge < -0.3 is 0 Å². The molecule has 2 aliphatic carbocycles. The molecule has 13 rings (SSSR count). The van der Waals surface area contributed by atoms with Gasteiger partial charge in [0.2, 0.25) is 0 Å². The van der Waals surface area contributed by atoms with Gasteiger partial charge in [-0.25, -0.2) is 15.0 Å². The van der Waals surface area contributed by atoms with Crippen LogP contribution >= 0.6 is 11.3 Å². The van der Waals surface area contributed by atoms with Gasteiger partial charge in [0.1, 0.15) is 0 Å². The second-order valence-electron chi connectivity index (χ2n) is 17.9. The van der Waals surface area contributed by atoms with E-state index in [0.717, 1.165) is 27.5 Å². The van der Waals surface area contributed by atoms with E-state index >= 15 is 0 Å². The van der Waals surface area contributed by atoms with E-state index in [1.807, 2.05) is 11.3 Å². The van der Waals surface area contributed by atoms with Crippen LogP contribution in [0, 0.1) is 0 Å². The first-order chi connectivity index (χ1) is 29.7. The third-order valence-corrected chi connectivity index (χ3v) is 15.1. The maximum absolute atomic E-state index is 5.52. The van der Waals surface area contributed by atoms with E-state index in [9.17, 15) is 0 Å². The average Bonchev–Trinajstić information content (AvgIpc) is 3.87. The summed E-state index contributed by atoms with van der Waals surface area (Å²) in [5.74, 6) is 2.02. The third-order valence-electron chi connectivity index (χ3n) is 13.9. The topological polar surface area (TPSA) is 38.7 Å². The van der Waals surface area contributed by atoms with Gasteiger partial charge in [0, 0.05) is 53.3 Å². The van der Waals surface area contributed by atoms with E-state index in [0.29, 0.717) is 17.5 Å². The van der Waals surface area contributed by atoms with Gasteiger partial charge in [-0.15, -0.1) is 11.3 Å². The molecule has 0 fully saturated rings. The number of benzene rings is 9. The Kier molecular flexibility index (Phi) is 7.01. The summed E-state index contributed by atoms with van der Waals surface area (Å²) < 4.78 is 2.55. The second-order valence-corrected chi connectivity index (χ2v) is 19.0. The van der Waals surface area contributed by atoms with E-state index < -0.39 is 0 Å². The molecule has 0 saturated carbocycles. The van der Waals surface area contributed by atoms with Crippen molar-refractivity contribution >= 4 is 63.8 Å². The van der Waals surface area contributed by atoms with E-state index in [-0.39, 0.29) is 10.8 Å². The largest absolute Gasteiger partial charge is 0.208 e. The van der Waals surface area contributed by atoms with Gasteiger partial charge in [-0.3, -0.25) is 0 Å². The Morgan fingerprint density at radius 1 is 0.377 bits per heavy atom. The molecule has 0 amide bonds. The minimum absolute atomic E-state index is 0.0979. The van der Waals surface area contributed by atoms with Crippen molar-refractivity contribution in [3.63, 3.8) is 0 Å². The number of nitrogens with zero attached hydrogens (tertiary/aromatic N) is 3. The van der Waals surface area contributed by atoms with Crippen LogP contribution in [0.2, 0.25) is 0 Å². The molecule has 0 radical (unpaired) electrons. The van der Waals surface area contributed by atoms with Crippen LogP contribution in [0.15, 0.2) is 164 Å². The van der Waals surface area contributed by atoms with Crippen molar-refractivity contribution < 1.29 is 0 Å². The van der Waals surface area contributed by atoms with Gasteiger partial charge in [0.15, 0.2) is 17.5 Å². The summed E-state index contributed by atoms with van der Waals surface area (Å²) in [4.78, 5) is 16.4. The molecule has 61 heavy (non-hydrogen) atoms. The first kappa shape index (κ1) is 34.8. The molecular formula is C57H39N3S. The molecule has 2 aromatic heterocycles. The molecule has 0 saturated heterocycles. The van der Waals surface area contributed by atoms with Gasteiger partial charge in [0.25, 0.3) is 0 Å². The lowest BCUT2D eigenvalue weighted by Crippen LogP contribution is -2.15. The highest BCUT2D eigenvalue weighted by molar-refractivity contribution is 7.26. The molecule has 288 valence electrons. The molecule has 0 atom stereocenters. The lowest BCUT2D eigenvalue weighted by Gasteiger charge is -2.22. The summed E-state index contributed by atoms with van der Waals surface area (Å²) in [5, 5.41) is 9.57. The molecule has 0 unspecified atom stereocenters. The predicted molar refractivity (Wildman–Crippen MR) is 257 cm³/mol. The normalized spacial score (nSPS) is 14.5. The van der Waals surface area contributed by atoms with Crippen molar-refractivity contribution in [2.45, 2.75) is 38.5 Å². The lowest BCUT2D eigenvalue weighted by molar-refractivity contribution is 0.661. The molecule has 0 N–H and O–H groups in total. The highest BCUT2D eigenvalue weighted by Gasteiger charge is 2.39. The first-order valence-corrected chi connectivity index (χ1v) is 22.0. The molecule has 0 spiro atoms. The van der Waals surface area contributed by atoms with Gasteiger partial charge in [0.05, 0.1) is 0 Å². The van der Waals surface area contributed by atoms with Crippen LogP contribution < -0.4 is 0 Å². The zero-order chi connectivity index (χ0) is 40.8. The van der Waals surface area contributed by atoms with Crippen LogP contribution in [0.1, 0.15) is 49.9 Å². The smallest absolute Gasteiger partial charge is 0.164 e. The van der Waals surface area contributed by atoms with Crippen molar-refractivity contribution in [3.05, 3.63) is 186 Å². The maximum Gasteiger partial charge on any atom is 0.164 e. The number of aromatic nitrogens is 3. The minimum atomic E-state index is -0.200. The summed E-state index contributed by atoms with van der Waals surface area (Å²) >= 11 is 1.88. The number of rotatable bonds is 3. The Labute approximate surface area is 358 Å². The zero-order valence-electron chi connectivity index (χ0n) is 34.3. The number of hydrogen-bond acceptors (Lipinski definition) is 4. The number of fused-ring (bicyclic) bond motifs is 14. The fraction of sp³-hybridized carbons (Fsp3) is 0.105. The fourth-order valence-electron chi connectivity index (χ4n) is 10.8. The van der Waals surface area contributed by atoms with Crippen molar-refractivity contribution in [1.82, 2.24) is 15.0 Å². The highest BCUT2D eigenvalue weighted by Crippen LogP contribution is 2.56. The predicted octanol–water partition coefficient (Wildman–Crippen LogP) is 15.3. The Bertz CT molecular complexity index is 3710. The van der Waals surface area contributed by atoms with Crippen LogP contribution in [0.3, 0.4) is 0 Å². The van der Waals surface area contributed by atoms with Crippen molar-refractivity contribution in [2.75, 3.05) is 0 Å². The summed E-state index contributed by atoms with van der Waals surface area (Å²) in [6.45, 7) is 9.42. The van der Waals surface area contributed by atoms with E-state index in [1.165, 1.54) is 86.2 Å². The summed E-state index contributed by atoms with van der Waals surface area (Å²) in [6.07, 6.45) is 0. The Morgan fingerprint density at radius 2 is 0.967 bits per heavy atom. The Balaban J connectivity index is 1.09. The summed E-state index contributed by atoms with van der Waals surface area (Å²) in [7, 11) is 0. The molecule has 0 bridgehead atoms. The van der Waals surface area contributed by atoms with Crippen molar-refractivity contribution in [2.24, 2.45) is 0 Å². The van der Waals surface area contributed by atoms with Crippen LogP contribution in [0.25, 0.3) is 109 Å². The molecule has 4 heteroatoms. The van der Waals surface area contributed by atoms with Crippen molar-refractivity contribution in [1.29, 1.82) is 0 Å². The van der Waals surface area contributed by atoms with Crippen LogP contribution in [0.4, 0.5) is 0 Å². The molecule has 0 aliphatic heterocycles. The summed E-state index contributed by atoms with van der Waals surface area (Å²) in [5.41, 5.74) is 13.4.